The zero-order valence-corrected chi connectivity index (χ0v) is 28.1. The normalized spacial score (nSPS) is 19.9. The highest BCUT2D eigenvalue weighted by atomic mass is 28.4. The molecule has 200 valence electrons. The minimum Gasteiger partial charge on any atom is -0.424 e. The molecule has 2 rings (SSSR count). The molecule has 2 unspecified atom stereocenters. The highest BCUT2D eigenvalue weighted by Gasteiger charge is 2.51. The van der Waals surface area contributed by atoms with Gasteiger partial charge in [-0.25, -0.2) is 0 Å². The molecule has 35 heavy (non-hydrogen) atoms. The van der Waals surface area contributed by atoms with Crippen LogP contribution in [0.25, 0.3) is 0 Å². The predicted octanol–water partition coefficient (Wildman–Crippen LogP) is 6.94. The largest absolute Gasteiger partial charge is 0.424 e. The van der Waals surface area contributed by atoms with Crippen molar-refractivity contribution in [3.05, 3.63) is 33.9 Å². The summed E-state index contributed by atoms with van der Waals surface area (Å²) in [5, 5.41) is 0. The van der Waals surface area contributed by atoms with Crippen LogP contribution in [0.2, 0.25) is 18.1 Å². The first-order chi connectivity index (χ1) is 16.2. The van der Waals surface area contributed by atoms with Crippen molar-refractivity contribution in [3.8, 4) is 0 Å². The number of carbonyl (C=O) groups is 1. The van der Waals surface area contributed by atoms with Gasteiger partial charge in [-0.2, -0.15) is 0 Å². The molecule has 0 bridgehead atoms. The standard InChI is InChI=1S/C30H54O3Si2/c1-13-35(14-2,15-3)32-18-29(12)17-24-16-22(10)26(23(11)25(24)27(29)31)30(20(6)7,21(8)9)28(33-34)19(4)5/h16,19-21,28H,13-15,17-18H2,1-12,34H3. The Balaban J connectivity index is 2.69. The number of Topliss-reactive ketones (excluding diaryl/α,β-unsaturated/α-hetero) is 1. The Kier molecular flexibility index (Phi) is 9.86. The van der Waals surface area contributed by atoms with Gasteiger partial charge in [0.05, 0.1) is 11.5 Å². The molecule has 0 radical (unpaired) electrons. The highest BCUT2D eigenvalue weighted by Crippen LogP contribution is 2.51. The molecule has 0 aliphatic heterocycles. The first-order valence-corrected chi connectivity index (χ1v) is 17.4. The van der Waals surface area contributed by atoms with Crippen molar-refractivity contribution in [1.29, 1.82) is 0 Å². The van der Waals surface area contributed by atoms with E-state index in [1.54, 1.807) is 0 Å². The van der Waals surface area contributed by atoms with Gasteiger partial charge in [-0.15, -0.1) is 0 Å². The molecule has 0 amide bonds. The monoisotopic (exact) mass is 518 g/mol. The minimum atomic E-state index is -1.76. The van der Waals surface area contributed by atoms with Crippen LogP contribution in [0.1, 0.15) is 102 Å². The quantitative estimate of drug-likeness (QED) is 0.281. The van der Waals surface area contributed by atoms with E-state index < -0.39 is 13.7 Å². The molecule has 0 spiro atoms. The van der Waals surface area contributed by atoms with Crippen molar-refractivity contribution >= 4 is 24.6 Å². The zero-order valence-electron chi connectivity index (χ0n) is 25.1. The zero-order chi connectivity index (χ0) is 26.9. The van der Waals surface area contributed by atoms with E-state index in [2.05, 4.69) is 89.2 Å². The molecule has 2 atom stereocenters. The summed E-state index contributed by atoms with van der Waals surface area (Å²) in [4.78, 5) is 14.1. The molecule has 0 saturated carbocycles. The summed E-state index contributed by atoms with van der Waals surface area (Å²) in [6.45, 7) is 27.8. The predicted molar refractivity (Wildman–Crippen MR) is 156 cm³/mol. The van der Waals surface area contributed by atoms with E-state index in [0.717, 1.165) is 30.1 Å². The van der Waals surface area contributed by atoms with Crippen LogP contribution in [0.5, 0.6) is 0 Å². The fourth-order valence-corrected chi connectivity index (χ4v) is 11.2. The number of ketones is 1. The first-order valence-electron chi connectivity index (χ1n) is 14.1. The molecule has 5 heteroatoms. The molecule has 1 aromatic rings. The van der Waals surface area contributed by atoms with Gasteiger partial charge in [0, 0.05) is 17.6 Å². The second-order valence-corrected chi connectivity index (χ2v) is 17.7. The van der Waals surface area contributed by atoms with E-state index in [9.17, 15) is 4.79 Å². The Morgan fingerprint density at radius 3 is 1.94 bits per heavy atom. The third-order valence-corrected chi connectivity index (χ3v) is 14.6. The van der Waals surface area contributed by atoms with Gasteiger partial charge < -0.3 is 8.85 Å². The van der Waals surface area contributed by atoms with Gasteiger partial charge >= 0.3 is 0 Å². The molecule has 0 saturated heterocycles. The smallest absolute Gasteiger partial charge is 0.192 e. The highest BCUT2D eigenvalue weighted by molar-refractivity contribution is 6.73. The topological polar surface area (TPSA) is 35.5 Å². The fourth-order valence-electron chi connectivity index (χ4n) is 7.54. The van der Waals surface area contributed by atoms with Crippen molar-refractivity contribution in [2.45, 2.75) is 119 Å². The molecule has 0 aromatic heterocycles. The van der Waals surface area contributed by atoms with Gasteiger partial charge in [-0.3, -0.25) is 4.79 Å². The summed E-state index contributed by atoms with van der Waals surface area (Å²) in [5.41, 5.74) is 5.41. The van der Waals surface area contributed by atoms with Crippen molar-refractivity contribution in [1.82, 2.24) is 0 Å². The van der Waals surface area contributed by atoms with Crippen molar-refractivity contribution in [3.63, 3.8) is 0 Å². The molecular formula is C30H54O3Si2. The van der Waals surface area contributed by atoms with Crippen LogP contribution in [0.4, 0.5) is 0 Å². The Labute approximate surface area is 220 Å². The van der Waals surface area contributed by atoms with Gasteiger partial charge in [0.2, 0.25) is 0 Å². The van der Waals surface area contributed by atoms with Crippen LogP contribution in [0.3, 0.4) is 0 Å². The molecule has 1 aliphatic carbocycles. The third kappa shape index (κ3) is 5.04. The van der Waals surface area contributed by atoms with Crippen LogP contribution in [0, 0.1) is 37.0 Å². The third-order valence-electron chi connectivity index (χ3n) is 9.52. The minimum absolute atomic E-state index is 0.126. The maximum Gasteiger partial charge on any atom is 0.192 e. The van der Waals surface area contributed by atoms with Gasteiger partial charge in [0.1, 0.15) is 10.5 Å². The molecule has 1 aromatic carbocycles. The lowest BCUT2D eigenvalue weighted by Gasteiger charge is -2.51. The van der Waals surface area contributed by atoms with Crippen LogP contribution < -0.4 is 0 Å². The fraction of sp³-hybridized carbons (Fsp3) is 0.767. The summed E-state index contributed by atoms with van der Waals surface area (Å²) < 4.78 is 13.1. The lowest BCUT2D eigenvalue weighted by molar-refractivity contribution is 0.0105. The summed E-state index contributed by atoms with van der Waals surface area (Å²) in [5.74, 6) is 1.45. The molecule has 0 heterocycles. The van der Waals surface area contributed by atoms with E-state index in [0.29, 0.717) is 34.8 Å². The Hall–Kier alpha value is -0.756. The van der Waals surface area contributed by atoms with E-state index in [-0.39, 0.29) is 17.3 Å². The number of carbonyl (C=O) groups excluding carboxylic acids is 1. The number of rotatable bonds is 12. The van der Waals surface area contributed by atoms with Crippen molar-refractivity contribution < 1.29 is 13.6 Å². The number of benzene rings is 1. The summed E-state index contributed by atoms with van der Waals surface area (Å²) in [7, 11) is -1.05. The summed E-state index contributed by atoms with van der Waals surface area (Å²) >= 11 is 0. The van der Waals surface area contributed by atoms with E-state index in [1.165, 1.54) is 22.3 Å². The Morgan fingerprint density at radius 2 is 1.54 bits per heavy atom. The SMILES string of the molecule is CC[Si](CC)(CC)OCC1(C)Cc2cc(C)c(C(C(C)C)(C(C)C)C(O[SiH3])C(C)C)c(C)c2C1=O. The maximum absolute atomic E-state index is 14.1. The van der Waals surface area contributed by atoms with Gasteiger partial charge in [0.15, 0.2) is 14.1 Å². The van der Waals surface area contributed by atoms with Gasteiger partial charge in [-0.05, 0) is 85.3 Å². The van der Waals surface area contributed by atoms with Crippen LogP contribution >= 0.6 is 0 Å². The summed E-state index contributed by atoms with van der Waals surface area (Å²) in [6.07, 6.45) is 0.910. The molecule has 3 nitrogen and oxygen atoms in total. The van der Waals surface area contributed by atoms with Crippen molar-refractivity contribution in [2.75, 3.05) is 6.61 Å². The average Bonchev–Trinajstić information content (AvgIpc) is 3.03. The Morgan fingerprint density at radius 1 is 1.03 bits per heavy atom. The first kappa shape index (κ1) is 30.5. The van der Waals surface area contributed by atoms with E-state index >= 15 is 0 Å². The Bertz CT molecular complexity index is 885. The van der Waals surface area contributed by atoms with E-state index in [1.807, 2.05) is 0 Å². The number of aryl methyl sites for hydroxylation is 1. The maximum atomic E-state index is 14.1. The number of hydrogen-bond donors (Lipinski definition) is 0. The molecule has 0 N–H and O–H groups in total. The van der Waals surface area contributed by atoms with Crippen LogP contribution in [-0.2, 0) is 20.7 Å². The summed E-state index contributed by atoms with van der Waals surface area (Å²) in [6, 6.07) is 5.67. The van der Waals surface area contributed by atoms with Gasteiger partial charge in [0.25, 0.3) is 0 Å². The van der Waals surface area contributed by atoms with E-state index in [4.69, 9.17) is 8.85 Å². The van der Waals surface area contributed by atoms with Crippen molar-refractivity contribution in [2.24, 2.45) is 23.2 Å². The average molecular weight is 519 g/mol. The molecule has 0 fully saturated rings. The second-order valence-electron chi connectivity index (χ2n) is 12.5. The molecule has 1 aliphatic rings. The number of fused-ring (bicyclic) bond motifs is 1. The second kappa shape index (κ2) is 11.3. The van der Waals surface area contributed by atoms with Crippen LogP contribution in [0.15, 0.2) is 6.07 Å². The van der Waals surface area contributed by atoms with Crippen LogP contribution in [-0.4, -0.2) is 37.3 Å². The lowest BCUT2D eigenvalue weighted by atomic mass is 9.57. The lowest BCUT2D eigenvalue weighted by Crippen LogP contribution is -2.53. The number of hydrogen-bond acceptors (Lipinski definition) is 3. The van der Waals surface area contributed by atoms with Gasteiger partial charge in [-0.1, -0.05) is 68.4 Å². The molecular weight excluding hydrogens is 464 g/mol.